The van der Waals surface area contributed by atoms with Crippen molar-refractivity contribution < 1.29 is 23.4 Å². The van der Waals surface area contributed by atoms with E-state index in [9.17, 15) is 14.4 Å². The van der Waals surface area contributed by atoms with Crippen LogP contribution in [0, 0.1) is 6.92 Å². The van der Waals surface area contributed by atoms with Gasteiger partial charge in [-0.05, 0) is 44.2 Å². The maximum Gasteiger partial charge on any atom is 0.333 e. The molecule has 1 atom stereocenters. The number of ether oxygens (including phenoxy) is 3. The molecule has 1 amide bonds. The number of aryl methyl sites for hydroxylation is 1. The first-order chi connectivity index (χ1) is 19.4. The van der Waals surface area contributed by atoms with Crippen LogP contribution in [0.15, 0.2) is 50.7 Å². The van der Waals surface area contributed by atoms with Crippen molar-refractivity contribution >= 4 is 27.5 Å². The summed E-state index contributed by atoms with van der Waals surface area (Å²) < 4.78 is 25.9. The van der Waals surface area contributed by atoms with Crippen molar-refractivity contribution in [3.05, 3.63) is 68.7 Å². The molecule has 0 bridgehead atoms. The molecule has 1 aromatic carbocycles. The van der Waals surface area contributed by atoms with Crippen molar-refractivity contribution in [1.29, 1.82) is 0 Å². The van der Waals surface area contributed by atoms with E-state index in [0.717, 1.165) is 10.1 Å². The Kier molecular flexibility index (Phi) is 6.85. The van der Waals surface area contributed by atoms with E-state index in [2.05, 4.69) is 4.98 Å². The molecular formula is C28H30N4O7S. The molecule has 0 spiro atoms. The number of fused-ring (bicyclic) bond motifs is 1. The molecule has 0 radical (unpaired) electrons. The number of carbonyl (C=O) groups excluding carboxylic acids is 1. The zero-order valence-electron chi connectivity index (χ0n) is 22.3. The first kappa shape index (κ1) is 26.5. The summed E-state index contributed by atoms with van der Waals surface area (Å²) in [7, 11) is 1.59. The third-order valence-corrected chi connectivity index (χ3v) is 9.11. The molecule has 1 saturated carbocycles. The van der Waals surface area contributed by atoms with E-state index in [4.69, 9.17) is 24.4 Å². The maximum atomic E-state index is 14.2. The lowest BCUT2D eigenvalue weighted by molar-refractivity contribution is -0.122. The molecule has 4 aromatic rings. The van der Waals surface area contributed by atoms with Crippen LogP contribution in [0.3, 0.4) is 0 Å². The van der Waals surface area contributed by atoms with Crippen molar-refractivity contribution in [1.82, 2.24) is 14.1 Å². The van der Waals surface area contributed by atoms with Crippen LogP contribution in [0.4, 0.5) is 0 Å². The highest BCUT2D eigenvalue weighted by Crippen LogP contribution is 2.43. The van der Waals surface area contributed by atoms with Gasteiger partial charge in [0.15, 0.2) is 0 Å². The maximum absolute atomic E-state index is 14.2. The Balaban J connectivity index is 1.57. The lowest BCUT2D eigenvalue weighted by Crippen LogP contribution is -2.50. The van der Waals surface area contributed by atoms with Crippen LogP contribution >= 0.6 is 11.3 Å². The minimum atomic E-state index is -1.34. The fourth-order valence-electron chi connectivity index (χ4n) is 5.48. The minimum absolute atomic E-state index is 0.0765. The molecule has 3 aromatic heterocycles. The van der Waals surface area contributed by atoms with Gasteiger partial charge >= 0.3 is 5.69 Å². The summed E-state index contributed by atoms with van der Waals surface area (Å²) in [6, 6.07) is 7.51. The summed E-state index contributed by atoms with van der Waals surface area (Å²) >= 11 is 1.25. The molecule has 11 nitrogen and oxygen atoms in total. The highest BCUT2D eigenvalue weighted by Gasteiger charge is 2.53. The van der Waals surface area contributed by atoms with Crippen LogP contribution in [0.25, 0.3) is 21.0 Å². The molecule has 1 saturated heterocycles. The minimum Gasteiger partial charge on any atom is -0.496 e. The molecule has 1 aliphatic carbocycles. The average molecular weight is 567 g/mol. The number of nitrogens with two attached hydrogens (primary N) is 1. The summed E-state index contributed by atoms with van der Waals surface area (Å²) in [5, 5.41) is 0.329. The van der Waals surface area contributed by atoms with Gasteiger partial charge in [0.25, 0.3) is 5.56 Å². The van der Waals surface area contributed by atoms with Crippen LogP contribution in [-0.4, -0.2) is 46.5 Å². The molecule has 6 rings (SSSR count). The van der Waals surface area contributed by atoms with E-state index in [-0.39, 0.29) is 12.6 Å². The largest absolute Gasteiger partial charge is 0.496 e. The summed E-state index contributed by atoms with van der Waals surface area (Å²) in [5.41, 5.74) is 4.64. The highest BCUT2D eigenvalue weighted by atomic mass is 32.1. The number of nitrogens with zero attached hydrogens (tertiary/aromatic N) is 3. The molecule has 12 heteroatoms. The second-order valence-corrected chi connectivity index (χ2v) is 11.2. The smallest absolute Gasteiger partial charge is 0.333 e. The zero-order valence-corrected chi connectivity index (χ0v) is 23.1. The number of hydrogen-bond acceptors (Lipinski definition) is 9. The van der Waals surface area contributed by atoms with Crippen molar-refractivity contribution in [2.75, 3.05) is 20.3 Å². The third kappa shape index (κ3) is 4.36. The van der Waals surface area contributed by atoms with Gasteiger partial charge in [-0.1, -0.05) is 18.2 Å². The van der Waals surface area contributed by atoms with Gasteiger partial charge in [-0.2, -0.15) is 0 Å². The zero-order chi connectivity index (χ0) is 28.0. The van der Waals surface area contributed by atoms with Crippen LogP contribution < -0.4 is 21.7 Å². The summed E-state index contributed by atoms with van der Waals surface area (Å²) in [6.45, 7) is 3.04. The van der Waals surface area contributed by atoms with E-state index >= 15 is 0 Å². The van der Waals surface area contributed by atoms with E-state index in [1.54, 1.807) is 14.0 Å². The molecule has 2 fully saturated rings. The Labute approximate surface area is 233 Å². The van der Waals surface area contributed by atoms with Crippen molar-refractivity contribution in [2.45, 2.75) is 56.9 Å². The topological polar surface area (TPSA) is 141 Å². The van der Waals surface area contributed by atoms with Gasteiger partial charge in [0.05, 0.1) is 36.2 Å². The van der Waals surface area contributed by atoms with Gasteiger partial charge in [-0.15, -0.1) is 11.3 Å². The molecule has 1 unspecified atom stereocenters. The number of rotatable bonds is 9. The number of amides is 1. The van der Waals surface area contributed by atoms with Crippen LogP contribution in [0.5, 0.6) is 5.75 Å². The number of methoxy groups -OCH3 is 1. The van der Waals surface area contributed by atoms with Gasteiger partial charge in [0, 0.05) is 18.8 Å². The Morgan fingerprint density at radius 2 is 2.00 bits per heavy atom. The van der Waals surface area contributed by atoms with E-state index in [1.165, 1.54) is 28.4 Å². The van der Waals surface area contributed by atoms with Gasteiger partial charge in [0.1, 0.15) is 28.5 Å². The number of thiophene rings is 1. The molecule has 2 aliphatic rings. The second-order valence-electron chi connectivity index (χ2n) is 10.2. The standard InChI is InChI=1S/C28H30N4O7S/c1-16-21-24(33)32(28(9-10-28)26(29)34)27(35)31(25(21)40-22(16)23-30-11-14-38-23)15-20(39-17-7-12-37-13-8-17)18-5-3-4-6-19(18)36-2/h3-6,11,14,17,20H,7-10,12-13,15H2,1-2H3,(H2,29,34). The van der Waals surface area contributed by atoms with E-state index in [0.29, 0.717) is 71.2 Å². The van der Waals surface area contributed by atoms with E-state index in [1.807, 2.05) is 24.3 Å². The Morgan fingerprint density at radius 1 is 1.25 bits per heavy atom. The first-order valence-corrected chi connectivity index (χ1v) is 14.0. The SMILES string of the molecule is COc1ccccc1C(Cn1c(=O)n(C2(C(N)=O)CC2)c(=O)c2c(C)c(-c3ncco3)sc21)OC1CCOCC1. The molecular weight excluding hydrogens is 536 g/mol. The molecule has 1 aliphatic heterocycles. The van der Waals surface area contributed by atoms with E-state index < -0.39 is 28.8 Å². The van der Waals surface area contributed by atoms with Gasteiger partial charge in [-0.25, -0.2) is 14.3 Å². The Morgan fingerprint density at radius 3 is 2.65 bits per heavy atom. The summed E-state index contributed by atoms with van der Waals surface area (Å²) in [5.74, 6) is 0.272. The molecule has 4 heterocycles. The first-order valence-electron chi connectivity index (χ1n) is 13.2. The highest BCUT2D eigenvalue weighted by molar-refractivity contribution is 7.22. The van der Waals surface area contributed by atoms with Gasteiger partial charge in [0.2, 0.25) is 11.8 Å². The number of hydrogen-bond donors (Lipinski definition) is 1. The predicted molar refractivity (Wildman–Crippen MR) is 148 cm³/mol. The average Bonchev–Trinajstić information content (AvgIpc) is 3.42. The lowest BCUT2D eigenvalue weighted by Gasteiger charge is -2.29. The van der Waals surface area contributed by atoms with Gasteiger partial charge < -0.3 is 24.4 Å². The van der Waals surface area contributed by atoms with Crippen molar-refractivity contribution in [3.63, 3.8) is 0 Å². The number of para-hydroxylation sites is 1. The summed E-state index contributed by atoms with van der Waals surface area (Å²) in [6.07, 6.45) is 4.38. The lowest BCUT2D eigenvalue weighted by atomic mass is 10.1. The molecule has 210 valence electrons. The fourth-order valence-corrected chi connectivity index (χ4v) is 6.72. The Bertz CT molecular complexity index is 1680. The van der Waals surface area contributed by atoms with Gasteiger partial charge in [-0.3, -0.25) is 14.2 Å². The van der Waals surface area contributed by atoms with Crippen molar-refractivity contribution in [3.8, 4) is 16.5 Å². The predicted octanol–water partition coefficient (Wildman–Crippen LogP) is 3.11. The number of benzene rings is 1. The second kappa shape index (κ2) is 10.3. The number of carbonyl (C=O) groups is 1. The van der Waals surface area contributed by atoms with Crippen LogP contribution in [0.1, 0.15) is 42.9 Å². The molecule has 40 heavy (non-hydrogen) atoms. The number of oxazole rings is 1. The molecule has 2 N–H and O–H groups in total. The number of primary amides is 1. The Hall–Kier alpha value is -3.74. The summed E-state index contributed by atoms with van der Waals surface area (Å²) in [4.78, 5) is 46.0. The van der Waals surface area contributed by atoms with Crippen LogP contribution in [-0.2, 0) is 26.4 Å². The number of aromatic nitrogens is 3. The third-order valence-electron chi connectivity index (χ3n) is 7.81. The monoisotopic (exact) mass is 566 g/mol. The normalized spacial score (nSPS) is 17.6. The fraction of sp³-hybridized carbons (Fsp3) is 0.429. The quantitative estimate of drug-likeness (QED) is 0.326. The van der Waals surface area contributed by atoms with Crippen molar-refractivity contribution in [2.24, 2.45) is 5.73 Å². The van der Waals surface area contributed by atoms with Crippen LogP contribution in [0.2, 0.25) is 0 Å².